The summed E-state index contributed by atoms with van der Waals surface area (Å²) in [5, 5.41) is 12.8. The third-order valence-electron chi connectivity index (χ3n) is 7.86. The summed E-state index contributed by atoms with van der Waals surface area (Å²) in [6.45, 7) is 0.0817. The maximum absolute atomic E-state index is 9.38. The number of aliphatic hydroxyl groups excluding tert-OH is 1. The molecule has 1 N–H and O–H groups in total. The number of aliphatic hydroxyl groups is 1. The molecule has 1 aromatic heterocycles. The normalized spacial score (nSPS) is 18.4. The van der Waals surface area contributed by atoms with E-state index in [2.05, 4.69) is 60.7 Å². The van der Waals surface area contributed by atoms with Gasteiger partial charge >= 0.3 is 0 Å². The molecule has 2 atom stereocenters. The van der Waals surface area contributed by atoms with E-state index in [4.69, 9.17) is 4.74 Å². The Morgan fingerprint density at radius 2 is 1.53 bits per heavy atom. The molecular formula is C32H22O2S2. The fourth-order valence-electron chi connectivity index (χ4n) is 6.11. The second-order valence-corrected chi connectivity index (χ2v) is 11.9. The van der Waals surface area contributed by atoms with Crippen LogP contribution in [-0.2, 0) is 6.61 Å². The number of hydrogen-bond acceptors (Lipinski definition) is 4. The van der Waals surface area contributed by atoms with E-state index in [0.717, 1.165) is 11.3 Å². The zero-order valence-electron chi connectivity index (χ0n) is 19.6. The number of rotatable bonds is 4. The van der Waals surface area contributed by atoms with E-state index < -0.39 is 0 Å². The first-order chi connectivity index (χ1) is 17.7. The van der Waals surface area contributed by atoms with Crippen LogP contribution in [0.5, 0.6) is 5.75 Å². The fraction of sp³-hybridized carbons (Fsp3) is 0.125. The molecule has 2 unspecified atom stereocenters. The molecule has 2 aliphatic carbocycles. The molecule has 0 spiro atoms. The van der Waals surface area contributed by atoms with Crippen molar-refractivity contribution in [1.29, 1.82) is 0 Å². The van der Waals surface area contributed by atoms with E-state index in [-0.39, 0.29) is 6.61 Å². The fourth-order valence-corrected chi connectivity index (χ4v) is 8.79. The maximum atomic E-state index is 9.38. The molecule has 0 saturated carbocycles. The van der Waals surface area contributed by atoms with Crippen LogP contribution in [0.2, 0.25) is 0 Å². The van der Waals surface area contributed by atoms with Gasteiger partial charge in [0.15, 0.2) is 0 Å². The van der Waals surface area contributed by atoms with Crippen molar-refractivity contribution >= 4 is 38.8 Å². The third kappa shape index (κ3) is 2.78. The topological polar surface area (TPSA) is 29.5 Å². The Hall–Kier alpha value is -3.31. The first-order valence-corrected chi connectivity index (χ1v) is 13.9. The van der Waals surface area contributed by atoms with Gasteiger partial charge in [0, 0.05) is 37.0 Å². The van der Waals surface area contributed by atoms with Crippen LogP contribution < -0.4 is 4.74 Å². The molecule has 2 nitrogen and oxygen atoms in total. The largest absolute Gasteiger partial charge is 0.497 e. The van der Waals surface area contributed by atoms with Gasteiger partial charge in [0.25, 0.3) is 0 Å². The molecule has 0 amide bonds. The highest BCUT2D eigenvalue weighted by atomic mass is 32.2. The number of thiophene rings is 1. The van der Waals surface area contributed by atoms with E-state index >= 15 is 0 Å². The van der Waals surface area contributed by atoms with Crippen LogP contribution in [0, 0.1) is 0 Å². The summed E-state index contributed by atoms with van der Waals surface area (Å²) < 4.78 is 5.35. The Morgan fingerprint density at radius 1 is 0.778 bits per heavy atom. The van der Waals surface area contributed by atoms with Gasteiger partial charge in [-0.3, -0.25) is 0 Å². The Balaban J connectivity index is 1.21. The number of methoxy groups -OCH3 is 1. The summed E-state index contributed by atoms with van der Waals surface area (Å²) >= 11 is 3.89. The second kappa shape index (κ2) is 7.59. The molecule has 5 aromatic rings. The van der Waals surface area contributed by atoms with Gasteiger partial charge < -0.3 is 9.84 Å². The average molecular weight is 503 g/mol. The van der Waals surface area contributed by atoms with Crippen LogP contribution in [0.15, 0.2) is 84.9 Å². The molecule has 0 radical (unpaired) electrons. The van der Waals surface area contributed by atoms with Crippen molar-refractivity contribution in [2.24, 2.45) is 0 Å². The zero-order chi connectivity index (χ0) is 24.0. The van der Waals surface area contributed by atoms with Gasteiger partial charge in [-0.2, -0.15) is 0 Å². The highest BCUT2D eigenvalue weighted by molar-refractivity contribution is 8.08. The standard InChI is InChI=1S/C32H22O2S2/c1-34-20-8-6-19(7-9-20)28-15-26-22-11-12-23-29-21(10-13-24(30(22)29)32(26)36-28)25-14-27(35-31(23)25)18-4-2-17(16-33)3-5-18/h2-15,26,32-33H,16H2,1H3. The molecule has 174 valence electrons. The number of ether oxygens (including phenoxy) is 1. The predicted molar refractivity (Wildman–Crippen MR) is 152 cm³/mol. The number of fused-ring (bicyclic) bond motifs is 6. The minimum absolute atomic E-state index is 0.0817. The molecule has 0 bridgehead atoms. The molecule has 0 fully saturated rings. The van der Waals surface area contributed by atoms with Gasteiger partial charge in [0.2, 0.25) is 0 Å². The second-order valence-electron chi connectivity index (χ2n) is 9.69. The lowest BCUT2D eigenvalue weighted by molar-refractivity contribution is 0.282. The Kier molecular flexibility index (Phi) is 4.40. The van der Waals surface area contributed by atoms with Crippen LogP contribution in [-0.4, -0.2) is 12.2 Å². The van der Waals surface area contributed by atoms with Crippen molar-refractivity contribution in [2.45, 2.75) is 17.8 Å². The lowest BCUT2D eigenvalue weighted by Crippen LogP contribution is -1.92. The first-order valence-electron chi connectivity index (χ1n) is 12.2. The summed E-state index contributed by atoms with van der Waals surface area (Å²) in [6, 6.07) is 28.5. The summed E-state index contributed by atoms with van der Waals surface area (Å²) in [5.41, 5.74) is 10.5. The average Bonchev–Trinajstić information content (AvgIpc) is 3.68. The van der Waals surface area contributed by atoms with Crippen LogP contribution in [0.3, 0.4) is 0 Å². The van der Waals surface area contributed by atoms with E-state index in [1.807, 2.05) is 47.4 Å². The van der Waals surface area contributed by atoms with Crippen molar-refractivity contribution in [1.82, 2.24) is 0 Å². The number of allylic oxidation sites excluding steroid dienone is 1. The minimum Gasteiger partial charge on any atom is -0.497 e. The minimum atomic E-state index is 0.0817. The molecule has 4 heteroatoms. The summed E-state index contributed by atoms with van der Waals surface area (Å²) in [6.07, 6.45) is 2.48. The Morgan fingerprint density at radius 3 is 2.31 bits per heavy atom. The van der Waals surface area contributed by atoms with Gasteiger partial charge in [-0.05, 0) is 62.4 Å². The quantitative estimate of drug-likeness (QED) is 0.262. The number of hydrogen-bond donors (Lipinski definition) is 1. The van der Waals surface area contributed by atoms with Crippen molar-refractivity contribution in [3.63, 3.8) is 0 Å². The molecular weight excluding hydrogens is 480 g/mol. The van der Waals surface area contributed by atoms with Crippen LogP contribution in [0.4, 0.5) is 0 Å². The Bertz CT molecular complexity index is 1700. The SMILES string of the molecule is COc1ccc(C2=CC3c4ccc5c6c(ccc(c46)C3S2)-c2cc(-c3ccc(CO)cc3)sc2-5)cc1. The van der Waals surface area contributed by atoms with Gasteiger partial charge in [0.05, 0.1) is 13.7 Å². The predicted octanol–water partition coefficient (Wildman–Crippen LogP) is 8.64. The van der Waals surface area contributed by atoms with Gasteiger partial charge in [0.1, 0.15) is 5.75 Å². The third-order valence-corrected chi connectivity index (χ3v) is 10.5. The van der Waals surface area contributed by atoms with Crippen molar-refractivity contribution < 1.29 is 9.84 Å². The zero-order valence-corrected chi connectivity index (χ0v) is 21.2. The van der Waals surface area contributed by atoms with Crippen LogP contribution >= 0.6 is 23.1 Å². The Labute approximate surface area is 217 Å². The highest BCUT2D eigenvalue weighted by Crippen LogP contribution is 2.64. The van der Waals surface area contributed by atoms with E-state index in [1.54, 1.807) is 7.11 Å². The molecule has 3 aliphatic rings. The van der Waals surface area contributed by atoms with Crippen molar-refractivity contribution in [3.8, 4) is 37.8 Å². The summed E-state index contributed by atoms with van der Waals surface area (Å²) in [7, 11) is 1.71. The number of benzene rings is 4. The molecule has 4 aromatic carbocycles. The van der Waals surface area contributed by atoms with E-state index in [0.29, 0.717) is 11.2 Å². The van der Waals surface area contributed by atoms with Crippen molar-refractivity contribution in [2.75, 3.05) is 7.11 Å². The highest BCUT2D eigenvalue weighted by Gasteiger charge is 2.41. The van der Waals surface area contributed by atoms with Gasteiger partial charge in [-0.15, -0.1) is 23.1 Å². The summed E-state index contributed by atoms with van der Waals surface area (Å²) in [4.78, 5) is 4.03. The van der Waals surface area contributed by atoms with E-state index in [9.17, 15) is 5.11 Å². The van der Waals surface area contributed by atoms with E-state index in [1.165, 1.54) is 64.4 Å². The van der Waals surface area contributed by atoms with Gasteiger partial charge in [-0.25, -0.2) is 0 Å². The van der Waals surface area contributed by atoms with Crippen LogP contribution in [0.25, 0.3) is 47.7 Å². The smallest absolute Gasteiger partial charge is 0.118 e. The van der Waals surface area contributed by atoms with Crippen LogP contribution in [0.1, 0.15) is 33.4 Å². The van der Waals surface area contributed by atoms with Crippen molar-refractivity contribution in [3.05, 3.63) is 107 Å². The molecule has 36 heavy (non-hydrogen) atoms. The lowest BCUT2D eigenvalue weighted by Gasteiger charge is -2.11. The van der Waals surface area contributed by atoms with Gasteiger partial charge in [-0.1, -0.05) is 66.7 Å². The first kappa shape index (κ1) is 20.8. The maximum Gasteiger partial charge on any atom is 0.118 e. The lowest BCUT2D eigenvalue weighted by atomic mass is 9.96. The summed E-state index contributed by atoms with van der Waals surface area (Å²) in [5.74, 6) is 1.32. The molecule has 1 aliphatic heterocycles. The molecule has 0 saturated heterocycles. The molecule has 8 rings (SSSR count). The monoisotopic (exact) mass is 502 g/mol. The number of thioether (sulfide) groups is 1. The molecule has 2 heterocycles.